The lowest BCUT2D eigenvalue weighted by Crippen LogP contribution is -2.24. The molecule has 0 spiro atoms. The van der Waals surface area contributed by atoms with Crippen molar-refractivity contribution in [1.29, 1.82) is 0 Å². The average molecular weight is 255 g/mol. The third-order valence-electron chi connectivity index (χ3n) is 3.13. The van der Waals surface area contributed by atoms with Gasteiger partial charge in [0, 0.05) is 13.0 Å². The van der Waals surface area contributed by atoms with Crippen molar-refractivity contribution >= 4 is 11.3 Å². The largest absolute Gasteiger partial charge is 0.387 e. The van der Waals surface area contributed by atoms with E-state index in [9.17, 15) is 5.11 Å². The molecule has 0 saturated carbocycles. The molecule has 0 bridgehead atoms. The Labute approximate surface area is 107 Å². The number of aromatic nitrogens is 1. The van der Waals surface area contributed by atoms with Crippen LogP contribution in [0.15, 0.2) is 0 Å². The van der Waals surface area contributed by atoms with E-state index in [0.29, 0.717) is 0 Å². The highest BCUT2D eigenvalue weighted by molar-refractivity contribution is 7.11. The van der Waals surface area contributed by atoms with E-state index in [1.54, 1.807) is 11.3 Å². The highest BCUT2D eigenvalue weighted by Crippen LogP contribution is 2.42. The van der Waals surface area contributed by atoms with Gasteiger partial charge in [0.15, 0.2) is 0 Å². The molecule has 96 valence electrons. The van der Waals surface area contributed by atoms with Crippen molar-refractivity contribution in [3.8, 4) is 0 Å². The van der Waals surface area contributed by atoms with E-state index < -0.39 is 0 Å². The topological polar surface area (TPSA) is 42.4 Å². The van der Waals surface area contributed by atoms with Crippen molar-refractivity contribution in [2.24, 2.45) is 5.41 Å². The summed E-state index contributed by atoms with van der Waals surface area (Å²) in [5, 5.41) is 11.2. The van der Waals surface area contributed by atoms with E-state index in [-0.39, 0.29) is 11.5 Å². The first-order chi connectivity index (χ1) is 8.02. The van der Waals surface area contributed by atoms with Gasteiger partial charge in [-0.15, -0.1) is 11.3 Å². The predicted molar refractivity (Wildman–Crippen MR) is 69.4 cm³/mol. The van der Waals surface area contributed by atoms with Crippen LogP contribution in [0, 0.1) is 5.41 Å². The first-order valence-electron chi connectivity index (χ1n) is 6.26. The number of hydrogen-bond acceptors (Lipinski definition) is 4. The van der Waals surface area contributed by atoms with Gasteiger partial charge in [0.05, 0.1) is 28.3 Å². The molecule has 0 saturated heterocycles. The molecule has 4 heteroatoms. The maximum Gasteiger partial charge on any atom is 0.0955 e. The van der Waals surface area contributed by atoms with Crippen LogP contribution in [0.3, 0.4) is 0 Å². The third-order valence-corrected chi connectivity index (χ3v) is 4.39. The van der Waals surface area contributed by atoms with E-state index in [2.05, 4.69) is 18.8 Å². The predicted octanol–water partition coefficient (Wildman–Crippen LogP) is 2.73. The Kier molecular flexibility index (Phi) is 3.85. The van der Waals surface area contributed by atoms with Gasteiger partial charge in [0.25, 0.3) is 0 Å². The maximum absolute atomic E-state index is 10.1. The molecule has 0 radical (unpaired) electrons. The van der Waals surface area contributed by atoms with Gasteiger partial charge in [-0.1, -0.05) is 13.8 Å². The highest BCUT2D eigenvalue weighted by atomic mass is 32.1. The van der Waals surface area contributed by atoms with Crippen LogP contribution in [0.4, 0.5) is 0 Å². The lowest BCUT2D eigenvalue weighted by atomic mass is 9.77. The zero-order chi connectivity index (χ0) is 12.5. The van der Waals surface area contributed by atoms with Crippen LogP contribution in [-0.4, -0.2) is 23.3 Å². The molecule has 0 aliphatic heterocycles. The van der Waals surface area contributed by atoms with Gasteiger partial charge in [-0.2, -0.15) is 0 Å². The summed E-state index contributed by atoms with van der Waals surface area (Å²) in [6, 6.07) is 0. The Morgan fingerprint density at radius 2 is 2.29 bits per heavy atom. The monoisotopic (exact) mass is 255 g/mol. The van der Waals surface area contributed by atoms with Crippen LogP contribution in [0.5, 0.6) is 0 Å². The zero-order valence-electron chi connectivity index (χ0n) is 10.8. The van der Waals surface area contributed by atoms with E-state index in [0.717, 1.165) is 48.1 Å². The summed E-state index contributed by atoms with van der Waals surface area (Å²) in [7, 11) is 0. The molecule has 2 rings (SSSR count). The fourth-order valence-corrected chi connectivity index (χ4v) is 3.40. The summed E-state index contributed by atoms with van der Waals surface area (Å²) < 4.78 is 5.34. The van der Waals surface area contributed by atoms with Crippen LogP contribution in [0.25, 0.3) is 0 Å². The minimum atomic E-state index is -0.327. The Morgan fingerprint density at radius 3 is 3.00 bits per heavy atom. The van der Waals surface area contributed by atoms with Gasteiger partial charge in [-0.05, 0) is 25.2 Å². The molecule has 1 aromatic rings. The molecular formula is C13H21NO2S. The molecule has 3 nitrogen and oxygen atoms in total. The van der Waals surface area contributed by atoms with E-state index >= 15 is 0 Å². The fourth-order valence-electron chi connectivity index (χ4n) is 2.35. The number of ether oxygens (including phenoxy) is 1. The Bertz CT molecular complexity index is 387. The SMILES string of the molecule is CCOCCc1nc2c(s1)C(O)CC(C)(C)C2. The summed E-state index contributed by atoms with van der Waals surface area (Å²) in [6.07, 6.45) is 2.35. The van der Waals surface area contributed by atoms with Gasteiger partial charge in [-0.25, -0.2) is 4.98 Å². The molecule has 1 aliphatic carbocycles. The van der Waals surface area contributed by atoms with Crippen LogP contribution in [0.2, 0.25) is 0 Å². The molecule has 1 aromatic heterocycles. The summed E-state index contributed by atoms with van der Waals surface area (Å²) in [5.74, 6) is 0. The summed E-state index contributed by atoms with van der Waals surface area (Å²) in [6.45, 7) is 7.86. The quantitative estimate of drug-likeness (QED) is 0.841. The maximum atomic E-state index is 10.1. The lowest BCUT2D eigenvalue weighted by molar-refractivity contribution is 0.102. The molecule has 17 heavy (non-hydrogen) atoms. The van der Waals surface area contributed by atoms with Crippen molar-refractivity contribution < 1.29 is 9.84 Å². The Hall–Kier alpha value is -0.450. The van der Waals surface area contributed by atoms with E-state index in [1.165, 1.54) is 0 Å². The fraction of sp³-hybridized carbons (Fsp3) is 0.769. The Morgan fingerprint density at radius 1 is 1.53 bits per heavy atom. The number of aliphatic hydroxyl groups is 1. The number of thiazole rings is 1. The second kappa shape index (κ2) is 5.04. The number of rotatable bonds is 4. The molecule has 1 N–H and O–H groups in total. The number of nitrogens with zero attached hydrogens (tertiary/aromatic N) is 1. The van der Waals surface area contributed by atoms with Crippen molar-refractivity contribution in [2.75, 3.05) is 13.2 Å². The molecule has 1 unspecified atom stereocenters. The lowest BCUT2D eigenvalue weighted by Gasteiger charge is -2.31. The van der Waals surface area contributed by atoms with Gasteiger partial charge in [0.2, 0.25) is 0 Å². The minimum Gasteiger partial charge on any atom is -0.387 e. The zero-order valence-corrected chi connectivity index (χ0v) is 11.6. The van der Waals surface area contributed by atoms with E-state index in [4.69, 9.17) is 4.74 Å². The number of hydrogen-bond donors (Lipinski definition) is 1. The van der Waals surface area contributed by atoms with Crippen molar-refractivity contribution in [2.45, 2.75) is 46.1 Å². The molecule has 0 amide bonds. The van der Waals surface area contributed by atoms with E-state index in [1.807, 2.05) is 6.92 Å². The van der Waals surface area contributed by atoms with Crippen molar-refractivity contribution in [3.63, 3.8) is 0 Å². The number of fused-ring (bicyclic) bond motifs is 1. The minimum absolute atomic E-state index is 0.164. The first kappa shape index (κ1) is 13.0. The van der Waals surface area contributed by atoms with Crippen LogP contribution >= 0.6 is 11.3 Å². The van der Waals surface area contributed by atoms with Gasteiger partial charge in [0.1, 0.15) is 0 Å². The van der Waals surface area contributed by atoms with Gasteiger partial charge < -0.3 is 9.84 Å². The second-order valence-corrected chi connectivity index (χ2v) is 6.54. The molecule has 0 fully saturated rings. The third kappa shape index (κ3) is 3.06. The smallest absolute Gasteiger partial charge is 0.0955 e. The van der Waals surface area contributed by atoms with Crippen LogP contribution in [0.1, 0.15) is 48.9 Å². The van der Waals surface area contributed by atoms with Gasteiger partial charge >= 0.3 is 0 Å². The highest BCUT2D eigenvalue weighted by Gasteiger charge is 2.33. The summed E-state index contributed by atoms with van der Waals surface area (Å²) >= 11 is 1.65. The van der Waals surface area contributed by atoms with Crippen LogP contribution in [-0.2, 0) is 17.6 Å². The van der Waals surface area contributed by atoms with Crippen LogP contribution < -0.4 is 0 Å². The average Bonchev–Trinajstić information content (AvgIpc) is 2.59. The van der Waals surface area contributed by atoms with Crippen molar-refractivity contribution in [1.82, 2.24) is 4.98 Å². The summed E-state index contributed by atoms with van der Waals surface area (Å²) in [5.41, 5.74) is 1.27. The van der Waals surface area contributed by atoms with Gasteiger partial charge in [-0.3, -0.25) is 0 Å². The first-order valence-corrected chi connectivity index (χ1v) is 7.08. The normalized spacial score (nSPS) is 22.5. The molecular weight excluding hydrogens is 234 g/mol. The molecule has 1 atom stereocenters. The van der Waals surface area contributed by atoms with Crippen molar-refractivity contribution in [3.05, 3.63) is 15.6 Å². The molecule has 0 aromatic carbocycles. The summed E-state index contributed by atoms with van der Waals surface area (Å²) in [4.78, 5) is 5.73. The molecule has 1 aliphatic rings. The second-order valence-electron chi connectivity index (χ2n) is 5.43. The Balaban J connectivity index is 2.10. The number of aliphatic hydroxyl groups excluding tert-OH is 1. The standard InChI is InChI=1S/C13H21NO2S/c1-4-16-6-5-11-14-9-7-13(2,3)8-10(15)12(9)17-11/h10,15H,4-8H2,1-3H3. The molecule has 1 heterocycles.